The molecule has 1 aliphatic heterocycles. The molecule has 8 nitrogen and oxygen atoms in total. The zero-order chi connectivity index (χ0) is 23.0. The summed E-state index contributed by atoms with van der Waals surface area (Å²) in [6.45, 7) is 2.03. The molecule has 0 aromatic carbocycles. The molecule has 3 aromatic rings. The number of carbonyl (C=O) groups excluding carboxylic acids is 1. The van der Waals surface area contributed by atoms with Crippen molar-refractivity contribution < 1.29 is 22.7 Å². The molecule has 0 bridgehead atoms. The van der Waals surface area contributed by atoms with Gasteiger partial charge in [-0.05, 0) is 43.9 Å². The van der Waals surface area contributed by atoms with Crippen molar-refractivity contribution >= 4 is 5.91 Å². The maximum absolute atomic E-state index is 13.7. The third kappa shape index (κ3) is 2.94. The fraction of sp³-hybridized carbons (Fsp3) is 0.409. The number of pyridine rings is 2. The van der Waals surface area contributed by atoms with Gasteiger partial charge in [0.1, 0.15) is 11.8 Å². The van der Waals surface area contributed by atoms with Crippen LogP contribution in [0.15, 0.2) is 49.1 Å². The number of likely N-dealkylation sites (tertiary alicyclic amines) is 1. The zero-order valence-corrected chi connectivity index (χ0v) is 17.5. The van der Waals surface area contributed by atoms with Gasteiger partial charge in [-0.25, -0.2) is 9.97 Å². The molecule has 5 unspecified atom stereocenters. The van der Waals surface area contributed by atoms with Crippen LogP contribution in [0.2, 0.25) is 0 Å². The maximum atomic E-state index is 13.7. The molecule has 1 spiro atoms. The monoisotopic (exact) mass is 456 g/mol. The lowest BCUT2D eigenvalue weighted by Crippen LogP contribution is -2.60. The van der Waals surface area contributed by atoms with Gasteiger partial charge in [-0.2, -0.15) is 23.4 Å². The molecule has 5 atom stereocenters. The van der Waals surface area contributed by atoms with E-state index < -0.39 is 11.7 Å². The first-order valence-electron chi connectivity index (χ1n) is 10.6. The van der Waals surface area contributed by atoms with Crippen LogP contribution in [0.5, 0.6) is 5.88 Å². The van der Waals surface area contributed by atoms with Crippen molar-refractivity contribution in [3.63, 3.8) is 0 Å². The summed E-state index contributed by atoms with van der Waals surface area (Å²) in [4.78, 5) is 25.0. The van der Waals surface area contributed by atoms with Gasteiger partial charge in [0.15, 0.2) is 5.69 Å². The Bertz CT molecular complexity index is 1220. The van der Waals surface area contributed by atoms with E-state index in [0.29, 0.717) is 11.6 Å². The van der Waals surface area contributed by atoms with Gasteiger partial charge < -0.3 is 9.64 Å². The van der Waals surface area contributed by atoms with Crippen LogP contribution in [0.3, 0.4) is 0 Å². The summed E-state index contributed by atoms with van der Waals surface area (Å²) in [6, 6.07) is 5.44. The van der Waals surface area contributed by atoms with Gasteiger partial charge in [0.25, 0.3) is 5.91 Å². The van der Waals surface area contributed by atoms with Crippen LogP contribution in [-0.2, 0) is 6.18 Å². The number of alkyl halides is 3. The van der Waals surface area contributed by atoms with Crippen molar-refractivity contribution in [3.05, 3.63) is 60.3 Å². The molecule has 2 aliphatic carbocycles. The molecule has 1 amide bonds. The summed E-state index contributed by atoms with van der Waals surface area (Å²) in [7, 11) is 0. The zero-order valence-electron chi connectivity index (χ0n) is 17.5. The molecule has 11 heteroatoms. The molecule has 3 fully saturated rings. The molecule has 170 valence electrons. The minimum atomic E-state index is -4.46. The van der Waals surface area contributed by atoms with Crippen LogP contribution < -0.4 is 4.74 Å². The van der Waals surface area contributed by atoms with Crippen LogP contribution in [-0.4, -0.2) is 54.0 Å². The summed E-state index contributed by atoms with van der Waals surface area (Å²) in [5.74, 6) is 0.258. The molecule has 33 heavy (non-hydrogen) atoms. The van der Waals surface area contributed by atoms with Gasteiger partial charge in [-0.1, -0.05) is 0 Å². The SMILES string of the molecule is CC1C2CC23CC(Oc2ccc(C(F)(F)F)cn2)C3N1C(=O)c1ncccc1-n1nccn1. The van der Waals surface area contributed by atoms with E-state index >= 15 is 0 Å². The molecular weight excluding hydrogens is 437 g/mol. The second-order valence-electron chi connectivity index (χ2n) is 8.87. The number of piperidine rings is 1. The molecule has 1 saturated heterocycles. The van der Waals surface area contributed by atoms with Crippen molar-refractivity contribution in [2.24, 2.45) is 11.3 Å². The fourth-order valence-corrected chi connectivity index (χ4v) is 5.67. The number of hydrogen-bond donors (Lipinski definition) is 0. The number of nitrogens with zero attached hydrogens (tertiary/aromatic N) is 6. The van der Waals surface area contributed by atoms with E-state index in [9.17, 15) is 18.0 Å². The first kappa shape index (κ1) is 20.1. The van der Waals surface area contributed by atoms with Gasteiger partial charge in [-0.15, -0.1) is 4.80 Å². The third-order valence-corrected chi connectivity index (χ3v) is 7.21. The number of halogens is 3. The van der Waals surface area contributed by atoms with Crippen molar-refractivity contribution in [2.45, 2.75) is 44.1 Å². The number of aromatic nitrogens is 5. The Hall–Kier alpha value is -3.50. The lowest BCUT2D eigenvalue weighted by atomic mass is 9.73. The lowest BCUT2D eigenvalue weighted by Gasteiger charge is -2.47. The van der Waals surface area contributed by atoms with E-state index in [-0.39, 0.29) is 41.1 Å². The average Bonchev–Trinajstić information content (AvgIpc) is 3.23. The highest BCUT2D eigenvalue weighted by Gasteiger charge is 2.78. The normalized spacial score (nSPS) is 29.8. The van der Waals surface area contributed by atoms with Gasteiger partial charge >= 0.3 is 6.18 Å². The van der Waals surface area contributed by atoms with Gasteiger partial charge in [0, 0.05) is 29.9 Å². The summed E-state index contributed by atoms with van der Waals surface area (Å²) in [6.07, 6.45) is 2.32. The second-order valence-corrected chi connectivity index (χ2v) is 8.87. The van der Waals surface area contributed by atoms with Crippen molar-refractivity contribution in [1.29, 1.82) is 0 Å². The summed E-state index contributed by atoms with van der Waals surface area (Å²) in [5, 5.41) is 8.24. The quantitative estimate of drug-likeness (QED) is 0.600. The van der Waals surface area contributed by atoms with Gasteiger partial charge in [0.05, 0.1) is 24.0 Å². The Kier molecular flexibility index (Phi) is 4.12. The van der Waals surface area contributed by atoms with Gasteiger partial charge in [0.2, 0.25) is 5.88 Å². The number of hydrogen-bond acceptors (Lipinski definition) is 6. The van der Waals surface area contributed by atoms with E-state index in [2.05, 4.69) is 20.2 Å². The Morgan fingerprint density at radius 2 is 1.91 bits per heavy atom. The maximum Gasteiger partial charge on any atom is 0.417 e. The summed E-state index contributed by atoms with van der Waals surface area (Å²) < 4.78 is 44.5. The average molecular weight is 456 g/mol. The van der Waals surface area contributed by atoms with E-state index in [1.165, 1.54) is 23.3 Å². The van der Waals surface area contributed by atoms with Crippen LogP contribution in [0, 0.1) is 11.3 Å². The summed E-state index contributed by atoms with van der Waals surface area (Å²) in [5.41, 5.74) is -0.0981. The first-order valence-corrected chi connectivity index (χ1v) is 10.6. The highest BCUT2D eigenvalue weighted by Crippen LogP contribution is 2.73. The molecule has 3 aromatic heterocycles. The number of ether oxygens (including phenoxy) is 1. The molecule has 3 aliphatic rings. The van der Waals surface area contributed by atoms with E-state index in [4.69, 9.17) is 4.74 Å². The second kappa shape index (κ2) is 6.75. The third-order valence-electron chi connectivity index (χ3n) is 7.21. The molecule has 6 rings (SSSR count). The predicted molar refractivity (Wildman–Crippen MR) is 107 cm³/mol. The number of amides is 1. The first-order chi connectivity index (χ1) is 15.8. The Labute approximate surface area is 186 Å². The minimum absolute atomic E-state index is 0.00268. The Balaban J connectivity index is 1.27. The molecule has 4 heterocycles. The van der Waals surface area contributed by atoms with Crippen LogP contribution in [0.4, 0.5) is 13.2 Å². The minimum Gasteiger partial charge on any atom is -0.472 e. The van der Waals surface area contributed by atoms with Crippen molar-refractivity contribution in [2.75, 3.05) is 0 Å². The molecule has 0 radical (unpaired) electrons. The van der Waals surface area contributed by atoms with Crippen molar-refractivity contribution in [1.82, 2.24) is 29.9 Å². The van der Waals surface area contributed by atoms with Crippen molar-refractivity contribution in [3.8, 4) is 11.6 Å². The standard InChI is InChI=1S/C22H19F3N6O2/c1-12-14-9-21(14)10-16(33-17-5-4-13(11-27-17)22(23,24)25)19(21)30(12)20(32)18-15(3-2-6-26-18)31-28-7-8-29-31/h2-8,11-12,14,16,19H,9-10H2,1H3. The Morgan fingerprint density at radius 1 is 1.12 bits per heavy atom. The highest BCUT2D eigenvalue weighted by molar-refractivity contribution is 5.96. The van der Waals surface area contributed by atoms with E-state index in [1.807, 2.05) is 11.8 Å². The number of carbonyl (C=O) groups is 1. The summed E-state index contributed by atoms with van der Waals surface area (Å²) >= 11 is 0. The molecule has 0 N–H and O–H groups in total. The topological polar surface area (TPSA) is 86.0 Å². The van der Waals surface area contributed by atoms with Crippen LogP contribution in [0.25, 0.3) is 5.69 Å². The van der Waals surface area contributed by atoms with E-state index in [1.54, 1.807) is 18.3 Å². The Morgan fingerprint density at radius 3 is 2.61 bits per heavy atom. The van der Waals surface area contributed by atoms with Gasteiger partial charge in [-0.3, -0.25) is 4.79 Å². The van der Waals surface area contributed by atoms with Crippen LogP contribution >= 0.6 is 0 Å². The molecule has 2 saturated carbocycles. The smallest absolute Gasteiger partial charge is 0.417 e. The largest absolute Gasteiger partial charge is 0.472 e. The molecular formula is C22H19F3N6O2. The highest BCUT2D eigenvalue weighted by atomic mass is 19.4. The number of rotatable bonds is 4. The van der Waals surface area contributed by atoms with E-state index in [0.717, 1.165) is 25.1 Å². The van der Waals surface area contributed by atoms with Crippen LogP contribution in [0.1, 0.15) is 35.8 Å². The fourth-order valence-electron chi connectivity index (χ4n) is 5.67. The lowest BCUT2D eigenvalue weighted by molar-refractivity contribution is -0.137. The predicted octanol–water partition coefficient (Wildman–Crippen LogP) is 3.15.